The van der Waals surface area contributed by atoms with Gasteiger partial charge < -0.3 is 9.84 Å². The molecule has 1 aromatic carbocycles. The first-order valence-corrected chi connectivity index (χ1v) is 5.83. The zero-order chi connectivity index (χ0) is 12.1. The van der Waals surface area contributed by atoms with Crippen LogP contribution in [0.3, 0.4) is 0 Å². The summed E-state index contributed by atoms with van der Waals surface area (Å²) in [6, 6.07) is 8.18. The van der Waals surface area contributed by atoms with Crippen LogP contribution >= 0.6 is 0 Å². The lowest BCUT2D eigenvalue weighted by atomic mass is 9.95. The lowest BCUT2D eigenvalue weighted by molar-refractivity contribution is 0.0566. The molecule has 2 unspecified atom stereocenters. The average molecular weight is 222 g/mol. The van der Waals surface area contributed by atoms with Crippen LogP contribution in [0.2, 0.25) is 0 Å². The highest BCUT2D eigenvalue weighted by molar-refractivity contribution is 5.26. The van der Waals surface area contributed by atoms with Gasteiger partial charge in [0.05, 0.1) is 12.7 Å². The Labute approximate surface area is 98.3 Å². The first kappa shape index (κ1) is 13.2. The normalized spacial score (nSPS) is 15.1. The molecule has 0 aliphatic heterocycles. The van der Waals surface area contributed by atoms with E-state index >= 15 is 0 Å². The van der Waals surface area contributed by atoms with Crippen molar-refractivity contribution in [2.45, 2.75) is 32.8 Å². The van der Waals surface area contributed by atoms with Crippen LogP contribution in [0, 0.1) is 5.92 Å². The highest BCUT2D eigenvalue weighted by atomic mass is 16.5. The van der Waals surface area contributed by atoms with E-state index in [0.717, 1.165) is 5.56 Å². The molecule has 0 saturated carbocycles. The molecule has 0 fully saturated rings. The standard InChI is InChI=1S/C14H22O2/c1-10(2)12-5-7-13(8-6-12)14(15)11(3)9-16-4/h5-8,10-11,14-15H,9H2,1-4H3. The maximum absolute atomic E-state index is 10.1. The maximum atomic E-state index is 10.1. The van der Waals surface area contributed by atoms with Crippen LogP contribution in [-0.4, -0.2) is 18.8 Å². The first-order chi connectivity index (χ1) is 7.56. The zero-order valence-corrected chi connectivity index (χ0v) is 10.6. The molecule has 0 aromatic heterocycles. The minimum Gasteiger partial charge on any atom is -0.388 e. The van der Waals surface area contributed by atoms with Crippen LogP contribution < -0.4 is 0 Å². The number of aliphatic hydroxyl groups is 1. The van der Waals surface area contributed by atoms with E-state index in [9.17, 15) is 5.11 Å². The third kappa shape index (κ3) is 3.32. The number of ether oxygens (including phenoxy) is 1. The molecule has 2 atom stereocenters. The molecule has 0 saturated heterocycles. The summed E-state index contributed by atoms with van der Waals surface area (Å²) in [5.74, 6) is 0.650. The van der Waals surface area contributed by atoms with Gasteiger partial charge in [-0.25, -0.2) is 0 Å². The largest absolute Gasteiger partial charge is 0.388 e. The van der Waals surface area contributed by atoms with Crippen LogP contribution in [0.1, 0.15) is 43.9 Å². The lowest BCUT2D eigenvalue weighted by Gasteiger charge is -2.19. The Morgan fingerprint density at radius 2 is 1.56 bits per heavy atom. The summed E-state index contributed by atoms with van der Waals surface area (Å²) in [5.41, 5.74) is 2.27. The predicted molar refractivity (Wildman–Crippen MR) is 66.5 cm³/mol. The minimum absolute atomic E-state index is 0.120. The van der Waals surface area contributed by atoms with E-state index in [2.05, 4.69) is 26.0 Å². The third-order valence-corrected chi connectivity index (χ3v) is 2.91. The minimum atomic E-state index is -0.443. The Morgan fingerprint density at radius 3 is 2.00 bits per heavy atom. The van der Waals surface area contributed by atoms with Crippen LogP contribution in [-0.2, 0) is 4.74 Å². The number of rotatable bonds is 5. The summed E-state index contributed by atoms with van der Waals surface area (Å²) in [5, 5.41) is 10.1. The van der Waals surface area contributed by atoms with Crippen molar-refractivity contribution in [1.29, 1.82) is 0 Å². The van der Waals surface area contributed by atoms with E-state index in [1.807, 2.05) is 19.1 Å². The monoisotopic (exact) mass is 222 g/mol. The van der Waals surface area contributed by atoms with Gasteiger partial charge in [-0.2, -0.15) is 0 Å². The van der Waals surface area contributed by atoms with Crippen molar-refractivity contribution in [1.82, 2.24) is 0 Å². The van der Waals surface area contributed by atoms with Crippen molar-refractivity contribution in [3.8, 4) is 0 Å². The van der Waals surface area contributed by atoms with Crippen molar-refractivity contribution < 1.29 is 9.84 Å². The molecular weight excluding hydrogens is 200 g/mol. The Bertz CT molecular complexity index is 303. The molecule has 90 valence electrons. The first-order valence-electron chi connectivity index (χ1n) is 5.83. The second kappa shape index (κ2) is 6.02. The molecule has 0 heterocycles. The number of benzene rings is 1. The molecule has 0 bridgehead atoms. The summed E-state index contributed by atoms with van der Waals surface area (Å²) >= 11 is 0. The van der Waals surface area contributed by atoms with Crippen LogP contribution in [0.15, 0.2) is 24.3 Å². The molecule has 2 nitrogen and oxygen atoms in total. The van der Waals surface area contributed by atoms with Crippen molar-refractivity contribution in [2.24, 2.45) is 5.92 Å². The quantitative estimate of drug-likeness (QED) is 0.829. The number of aliphatic hydroxyl groups excluding tert-OH is 1. The van der Waals surface area contributed by atoms with Gasteiger partial charge in [0.1, 0.15) is 0 Å². The van der Waals surface area contributed by atoms with Crippen LogP contribution in [0.4, 0.5) is 0 Å². The molecule has 0 aliphatic rings. The molecule has 2 heteroatoms. The summed E-state index contributed by atoms with van der Waals surface area (Å²) in [7, 11) is 1.66. The van der Waals surface area contributed by atoms with Crippen molar-refractivity contribution in [3.05, 3.63) is 35.4 Å². The van der Waals surface area contributed by atoms with Gasteiger partial charge in [0.15, 0.2) is 0 Å². The predicted octanol–water partition coefficient (Wildman–Crippen LogP) is 3.13. The molecular formula is C14H22O2. The van der Waals surface area contributed by atoms with E-state index in [4.69, 9.17) is 4.74 Å². The molecule has 16 heavy (non-hydrogen) atoms. The fourth-order valence-electron chi connectivity index (χ4n) is 1.76. The van der Waals surface area contributed by atoms with Gasteiger partial charge in [-0.15, -0.1) is 0 Å². The van der Waals surface area contributed by atoms with Gasteiger partial charge in [-0.05, 0) is 17.0 Å². The van der Waals surface area contributed by atoms with E-state index in [1.54, 1.807) is 7.11 Å². The summed E-state index contributed by atoms with van der Waals surface area (Å²) in [6.45, 7) is 6.90. The third-order valence-electron chi connectivity index (χ3n) is 2.91. The topological polar surface area (TPSA) is 29.5 Å². The number of hydrogen-bond acceptors (Lipinski definition) is 2. The van der Waals surface area contributed by atoms with Gasteiger partial charge in [0.25, 0.3) is 0 Å². The van der Waals surface area contributed by atoms with Crippen LogP contribution in [0.5, 0.6) is 0 Å². The molecule has 1 rings (SSSR count). The van der Waals surface area contributed by atoms with E-state index in [1.165, 1.54) is 5.56 Å². The van der Waals surface area contributed by atoms with E-state index in [-0.39, 0.29) is 5.92 Å². The smallest absolute Gasteiger partial charge is 0.0837 e. The lowest BCUT2D eigenvalue weighted by Crippen LogP contribution is -2.14. The maximum Gasteiger partial charge on any atom is 0.0837 e. The Hall–Kier alpha value is -0.860. The molecule has 0 aliphatic carbocycles. The molecule has 0 spiro atoms. The summed E-state index contributed by atoms with van der Waals surface area (Å²) in [4.78, 5) is 0. The average Bonchev–Trinajstić information content (AvgIpc) is 2.28. The fourth-order valence-corrected chi connectivity index (χ4v) is 1.76. The van der Waals surface area contributed by atoms with Gasteiger partial charge >= 0.3 is 0 Å². The summed E-state index contributed by atoms with van der Waals surface area (Å²) in [6.07, 6.45) is -0.443. The molecule has 1 N–H and O–H groups in total. The second-order valence-electron chi connectivity index (χ2n) is 4.70. The number of methoxy groups -OCH3 is 1. The van der Waals surface area contributed by atoms with Gasteiger partial charge in [0.2, 0.25) is 0 Å². The van der Waals surface area contributed by atoms with Gasteiger partial charge in [-0.1, -0.05) is 45.0 Å². The highest BCUT2D eigenvalue weighted by Crippen LogP contribution is 2.24. The Balaban J connectivity index is 2.73. The second-order valence-corrected chi connectivity index (χ2v) is 4.70. The summed E-state index contributed by atoms with van der Waals surface area (Å²) < 4.78 is 5.05. The molecule has 1 aromatic rings. The highest BCUT2D eigenvalue weighted by Gasteiger charge is 2.16. The van der Waals surface area contributed by atoms with Gasteiger partial charge in [0, 0.05) is 13.0 Å². The SMILES string of the molecule is COCC(C)C(O)c1ccc(C(C)C)cc1. The Morgan fingerprint density at radius 1 is 1.06 bits per heavy atom. The zero-order valence-electron chi connectivity index (χ0n) is 10.6. The number of hydrogen-bond donors (Lipinski definition) is 1. The van der Waals surface area contributed by atoms with Gasteiger partial charge in [-0.3, -0.25) is 0 Å². The van der Waals surface area contributed by atoms with E-state index in [0.29, 0.717) is 12.5 Å². The van der Waals surface area contributed by atoms with Crippen molar-refractivity contribution in [2.75, 3.05) is 13.7 Å². The Kier molecular flexibility index (Phi) is 4.97. The fraction of sp³-hybridized carbons (Fsp3) is 0.571. The van der Waals surface area contributed by atoms with E-state index < -0.39 is 6.10 Å². The van der Waals surface area contributed by atoms with Crippen molar-refractivity contribution >= 4 is 0 Å². The molecule has 0 radical (unpaired) electrons. The molecule has 0 amide bonds. The van der Waals surface area contributed by atoms with Crippen molar-refractivity contribution in [3.63, 3.8) is 0 Å². The van der Waals surface area contributed by atoms with Crippen LogP contribution in [0.25, 0.3) is 0 Å².